The van der Waals surface area contributed by atoms with Crippen molar-refractivity contribution >= 4 is 17.9 Å². The number of urea groups is 1. The third-order valence-electron chi connectivity index (χ3n) is 5.58. The molecule has 26 heavy (non-hydrogen) atoms. The second-order valence-electron chi connectivity index (χ2n) is 7.77. The Bertz CT molecular complexity index is 491. The summed E-state index contributed by atoms with van der Waals surface area (Å²) in [6, 6.07) is 0.234. The minimum absolute atomic E-state index is 0.0170. The summed E-state index contributed by atoms with van der Waals surface area (Å²) in [5.74, 6) is -1.19. The molecule has 148 valence electrons. The lowest BCUT2D eigenvalue weighted by atomic mass is 9.96. The average molecular weight is 367 g/mol. The van der Waals surface area contributed by atoms with Gasteiger partial charge in [0.15, 0.2) is 0 Å². The number of aliphatic carboxylic acids is 1. The van der Waals surface area contributed by atoms with Crippen LogP contribution in [0.15, 0.2) is 0 Å². The van der Waals surface area contributed by atoms with E-state index >= 15 is 0 Å². The molecule has 3 N–H and O–H groups in total. The highest BCUT2D eigenvalue weighted by molar-refractivity contribution is 5.79. The van der Waals surface area contributed by atoms with Crippen LogP contribution in [-0.4, -0.2) is 53.6 Å². The van der Waals surface area contributed by atoms with E-state index in [1.54, 1.807) is 4.90 Å². The van der Waals surface area contributed by atoms with E-state index in [0.29, 0.717) is 32.1 Å². The molecule has 0 aromatic heterocycles. The van der Waals surface area contributed by atoms with E-state index in [-0.39, 0.29) is 17.9 Å². The first kappa shape index (κ1) is 20.5. The van der Waals surface area contributed by atoms with Gasteiger partial charge in [0.1, 0.15) is 0 Å². The van der Waals surface area contributed by atoms with Crippen LogP contribution >= 0.6 is 0 Å². The zero-order valence-electron chi connectivity index (χ0n) is 15.8. The number of carboxylic acid groups (broad SMARTS) is 1. The monoisotopic (exact) mass is 367 g/mol. The molecule has 2 aliphatic rings. The number of nitrogens with one attached hydrogen (secondary N) is 2. The molecule has 1 saturated carbocycles. The molecule has 2 rings (SSSR count). The van der Waals surface area contributed by atoms with E-state index in [1.807, 2.05) is 6.92 Å². The number of carbonyl (C=O) groups is 3. The van der Waals surface area contributed by atoms with E-state index < -0.39 is 11.9 Å². The highest BCUT2D eigenvalue weighted by Crippen LogP contribution is 2.24. The molecule has 2 atom stereocenters. The maximum atomic E-state index is 12.2. The van der Waals surface area contributed by atoms with Crippen LogP contribution < -0.4 is 10.6 Å². The summed E-state index contributed by atoms with van der Waals surface area (Å²) in [5.41, 5.74) is 0. The number of unbranched alkanes of at least 4 members (excludes halogenated alkanes) is 2. The van der Waals surface area contributed by atoms with Crippen molar-refractivity contribution in [2.75, 3.05) is 19.6 Å². The minimum atomic E-state index is -0.814. The Kier molecular flexibility index (Phi) is 8.19. The smallest absolute Gasteiger partial charge is 0.315 e. The van der Waals surface area contributed by atoms with Crippen molar-refractivity contribution in [2.45, 2.75) is 70.8 Å². The van der Waals surface area contributed by atoms with Crippen LogP contribution in [0.5, 0.6) is 0 Å². The Morgan fingerprint density at radius 2 is 1.77 bits per heavy atom. The van der Waals surface area contributed by atoms with Crippen molar-refractivity contribution < 1.29 is 19.5 Å². The van der Waals surface area contributed by atoms with Crippen LogP contribution in [0.3, 0.4) is 0 Å². The van der Waals surface area contributed by atoms with Crippen LogP contribution in [0.25, 0.3) is 0 Å². The van der Waals surface area contributed by atoms with Gasteiger partial charge in [-0.1, -0.05) is 32.6 Å². The lowest BCUT2D eigenvalue weighted by molar-refractivity contribution is -0.142. The molecule has 0 bridgehead atoms. The maximum Gasteiger partial charge on any atom is 0.315 e. The third kappa shape index (κ3) is 6.50. The average Bonchev–Trinajstić information content (AvgIpc) is 3.01. The lowest BCUT2D eigenvalue weighted by Crippen LogP contribution is -2.43. The molecule has 0 aromatic rings. The standard InChI is InChI=1S/C19H33N3O4/c1-14-12-22(13-16(14)18(24)25)17(23)10-6-3-7-11-20-19(26)21-15-8-4-2-5-9-15/h14-16H,2-13H2,1H3,(H,24,25)(H2,20,21,26)/t14-,16-/m1/s1. The summed E-state index contributed by atoms with van der Waals surface area (Å²) in [7, 11) is 0. The molecule has 7 nitrogen and oxygen atoms in total. The highest BCUT2D eigenvalue weighted by atomic mass is 16.4. The predicted octanol–water partition coefficient (Wildman–Crippen LogP) is 2.36. The van der Waals surface area contributed by atoms with Gasteiger partial charge >= 0.3 is 12.0 Å². The molecule has 1 heterocycles. The van der Waals surface area contributed by atoms with E-state index in [9.17, 15) is 14.4 Å². The van der Waals surface area contributed by atoms with Gasteiger partial charge in [0.2, 0.25) is 5.91 Å². The number of nitrogens with zero attached hydrogens (tertiary/aromatic N) is 1. The Morgan fingerprint density at radius 3 is 2.42 bits per heavy atom. The fourth-order valence-corrected chi connectivity index (χ4v) is 3.91. The zero-order chi connectivity index (χ0) is 18.9. The van der Waals surface area contributed by atoms with Crippen molar-refractivity contribution in [1.82, 2.24) is 15.5 Å². The molecule has 0 unspecified atom stereocenters. The molecule has 1 aliphatic carbocycles. The Labute approximate surface area is 155 Å². The second kappa shape index (κ2) is 10.4. The number of hydrogen-bond acceptors (Lipinski definition) is 3. The number of likely N-dealkylation sites (tertiary alicyclic amines) is 1. The third-order valence-corrected chi connectivity index (χ3v) is 5.58. The SMILES string of the molecule is C[C@@H]1CN(C(=O)CCCCCNC(=O)NC2CCCCC2)C[C@H]1C(=O)O. The molecule has 0 radical (unpaired) electrons. The second-order valence-corrected chi connectivity index (χ2v) is 7.77. The topological polar surface area (TPSA) is 98.7 Å². The fourth-order valence-electron chi connectivity index (χ4n) is 3.91. The molecule has 0 spiro atoms. The van der Waals surface area contributed by atoms with Crippen LogP contribution in [0.4, 0.5) is 4.79 Å². The molecule has 1 aliphatic heterocycles. The van der Waals surface area contributed by atoms with Gasteiger partial charge in [-0.05, 0) is 31.6 Å². The number of hydrogen-bond donors (Lipinski definition) is 3. The van der Waals surface area contributed by atoms with Gasteiger partial charge in [0, 0.05) is 32.1 Å². The summed E-state index contributed by atoms with van der Waals surface area (Å²) in [4.78, 5) is 36.8. The van der Waals surface area contributed by atoms with Gasteiger partial charge in [-0.2, -0.15) is 0 Å². The van der Waals surface area contributed by atoms with E-state index in [0.717, 1.165) is 32.1 Å². The van der Waals surface area contributed by atoms with E-state index in [1.165, 1.54) is 19.3 Å². The van der Waals surface area contributed by atoms with Gasteiger partial charge in [-0.25, -0.2) is 4.79 Å². The normalized spacial score (nSPS) is 23.7. The fraction of sp³-hybridized carbons (Fsp3) is 0.842. The summed E-state index contributed by atoms with van der Waals surface area (Å²) < 4.78 is 0. The molecule has 7 heteroatoms. The Hall–Kier alpha value is -1.79. The van der Waals surface area contributed by atoms with Crippen LogP contribution in [0.1, 0.15) is 64.7 Å². The molecular weight excluding hydrogens is 334 g/mol. The van der Waals surface area contributed by atoms with Gasteiger partial charge in [0.25, 0.3) is 0 Å². The van der Waals surface area contributed by atoms with Gasteiger partial charge < -0.3 is 20.6 Å². The first-order chi connectivity index (χ1) is 12.5. The summed E-state index contributed by atoms with van der Waals surface area (Å²) in [6.07, 6.45) is 8.76. The Morgan fingerprint density at radius 1 is 1.04 bits per heavy atom. The van der Waals surface area contributed by atoms with E-state index in [2.05, 4.69) is 10.6 Å². The predicted molar refractivity (Wildman–Crippen MR) is 98.7 cm³/mol. The van der Waals surface area contributed by atoms with Gasteiger partial charge in [-0.3, -0.25) is 9.59 Å². The summed E-state index contributed by atoms with van der Waals surface area (Å²) >= 11 is 0. The lowest BCUT2D eigenvalue weighted by Gasteiger charge is -2.22. The van der Waals surface area contributed by atoms with Crippen LogP contribution in [0, 0.1) is 11.8 Å². The molecular formula is C19H33N3O4. The van der Waals surface area contributed by atoms with Gasteiger partial charge in [-0.15, -0.1) is 0 Å². The van der Waals surface area contributed by atoms with Crippen molar-refractivity contribution in [3.05, 3.63) is 0 Å². The minimum Gasteiger partial charge on any atom is -0.481 e. The summed E-state index contributed by atoms with van der Waals surface area (Å²) in [6.45, 7) is 3.38. The maximum absolute atomic E-state index is 12.2. The van der Waals surface area contributed by atoms with Crippen LogP contribution in [0.2, 0.25) is 0 Å². The largest absolute Gasteiger partial charge is 0.481 e. The summed E-state index contributed by atoms with van der Waals surface area (Å²) in [5, 5.41) is 15.0. The van der Waals surface area contributed by atoms with E-state index in [4.69, 9.17) is 5.11 Å². The van der Waals surface area contributed by atoms with Crippen molar-refractivity contribution in [1.29, 1.82) is 0 Å². The molecule has 2 fully saturated rings. The number of carbonyl (C=O) groups excluding carboxylic acids is 2. The zero-order valence-corrected chi connectivity index (χ0v) is 15.8. The number of carboxylic acids is 1. The van der Waals surface area contributed by atoms with Gasteiger partial charge in [0.05, 0.1) is 5.92 Å². The number of amides is 3. The molecule has 0 aromatic carbocycles. The quantitative estimate of drug-likeness (QED) is 0.574. The highest BCUT2D eigenvalue weighted by Gasteiger charge is 2.36. The Balaban J connectivity index is 1.50. The number of rotatable bonds is 8. The van der Waals surface area contributed by atoms with Crippen molar-refractivity contribution in [2.24, 2.45) is 11.8 Å². The first-order valence-electron chi connectivity index (χ1n) is 10.0. The van der Waals surface area contributed by atoms with Crippen molar-refractivity contribution in [3.8, 4) is 0 Å². The molecule has 3 amide bonds. The van der Waals surface area contributed by atoms with Crippen molar-refractivity contribution in [3.63, 3.8) is 0 Å². The van der Waals surface area contributed by atoms with Crippen LogP contribution in [-0.2, 0) is 9.59 Å². The molecule has 1 saturated heterocycles. The first-order valence-corrected chi connectivity index (χ1v) is 10.0.